The molecule has 16 heavy (non-hydrogen) atoms. The molecule has 0 bridgehead atoms. The van der Waals surface area contributed by atoms with Gasteiger partial charge in [-0.25, -0.2) is 0 Å². The molecule has 1 aliphatic heterocycles. The molecule has 0 aliphatic carbocycles. The summed E-state index contributed by atoms with van der Waals surface area (Å²) in [5.74, 6) is 1.38. The van der Waals surface area contributed by atoms with Crippen LogP contribution in [0.2, 0.25) is 5.02 Å². The Morgan fingerprint density at radius 2 is 2.25 bits per heavy atom. The molecule has 0 saturated carbocycles. The Labute approximate surface area is 104 Å². The van der Waals surface area contributed by atoms with Crippen LogP contribution in [0.15, 0.2) is 24.3 Å². The second kappa shape index (κ2) is 4.47. The van der Waals surface area contributed by atoms with Crippen LogP contribution in [-0.2, 0) is 10.8 Å². The van der Waals surface area contributed by atoms with Gasteiger partial charge in [-0.15, -0.1) is 0 Å². The molecule has 1 aromatic carbocycles. The molecule has 1 saturated heterocycles. The summed E-state index contributed by atoms with van der Waals surface area (Å²) < 4.78 is 11.8. The SMILES string of the molecule is CC1(C)CS(=O)CC(c2cccc(Cl)c2)N1. The Kier molecular flexibility index (Phi) is 3.38. The van der Waals surface area contributed by atoms with Crippen LogP contribution in [-0.4, -0.2) is 21.3 Å². The predicted octanol–water partition coefficient (Wildman–Crippen LogP) is 2.51. The summed E-state index contributed by atoms with van der Waals surface area (Å²) in [6, 6.07) is 7.91. The molecule has 1 aliphatic rings. The first kappa shape index (κ1) is 12.1. The topological polar surface area (TPSA) is 29.1 Å². The normalized spacial score (nSPS) is 28.9. The van der Waals surface area contributed by atoms with E-state index in [1.54, 1.807) is 0 Å². The van der Waals surface area contributed by atoms with Crippen LogP contribution in [0.25, 0.3) is 0 Å². The van der Waals surface area contributed by atoms with Crippen LogP contribution in [0.4, 0.5) is 0 Å². The van der Waals surface area contributed by atoms with Gasteiger partial charge in [0, 0.05) is 38.9 Å². The summed E-state index contributed by atoms with van der Waals surface area (Å²) in [6.45, 7) is 4.17. The molecule has 88 valence electrons. The molecular formula is C12H16ClNOS. The lowest BCUT2D eigenvalue weighted by Gasteiger charge is -2.36. The Morgan fingerprint density at radius 1 is 1.50 bits per heavy atom. The fourth-order valence-electron chi connectivity index (χ4n) is 2.11. The maximum atomic E-state index is 11.8. The summed E-state index contributed by atoms with van der Waals surface area (Å²) in [5.41, 5.74) is 1.05. The minimum absolute atomic E-state index is 0.0733. The summed E-state index contributed by atoms with van der Waals surface area (Å²) in [5, 5.41) is 4.24. The van der Waals surface area contributed by atoms with Crippen molar-refractivity contribution in [3.05, 3.63) is 34.9 Å². The highest BCUT2D eigenvalue weighted by molar-refractivity contribution is 7.85. The van der Waals surface area contributed by atoms with E-state index in [9.17, 15) is 4.21 Å². The van der Waals surface area contributed by atoms with Gasteiger partial charge in [-0.2, -0.15) is 0 Å². The van der Waals surface area contributed by atoms with Gasteiger partial charge in [-0.3, -0.25) is 4.21 Å². The molecule has 1 heterocycles. The fraction of sp³-hybridized carbons (Fsp3) is 0.500. The van der Waals surface area contributed by atoms with E-state index in [0.717, 1.165) is 10.6 Å². The van der Waals surface area contributed by atoms with Crippen LogP contribution in [0.3, 0.4) is 0 Å². The van der Waals surface area contributed by atoms with E-state index in [2.05, 4.69) is 19.2 Å². The second-order valence-electron chi connectivity index (χ2n) is 4.89. The zero-order valence-electron chi connectivity index (χ0n) is 9.50. The fourth-order valence-corrected chi connectivity index (χ4v) is 3.96. The quantitative estimate of drug-likeness (QED) is 0.838. The van der Waals surface area contributed by atoms with Crippen LogP contribution in [0.1, 0.15) is 25.5 Å². The number of hydrogen-bond acceptors (Lipinski definition) is 2. The van der Waals surface area contributed by atoms with Crippen molar-refractivity contribution in [2.45, 2.75) is 25.4 Å². The molecule has 2 rings (SSSR count). The second-order valence-corrected chi connectivity index (χ2v) is 6.82. The Hall–Kier alpha value is -0.380. The molecule has 0 spiro atoms. The first-order valence-corrected chi connectivity index (χ1v) is 7.21. The first-order valence-electron chi connectivity index (χ1n) is 5.34. The Morgan fingerprint density at radius 3 is 2.88 bits per heavy atom. The molecule has 1 fully saturated rings. The van der Waals surface area contributed by atoms with Gasteiger partial charge in [0.1, 0.15) is 0 Å². The van der Waals surface area contributed by atoms with Crippen molar-refractivity contribution in [1.82, 2.24) is 5.32 Å². The highest BCUT2D eigenvalue weighted by atomic mass is 35.5. The number of halogens is 1. The van der Waals surface area contributed by atoms with E-state index < -0.39 is 10.8 Å². The van der Waals surface area contributed by atoms with E-state index in [1.165, 1.54) is 0 Å². The number of rotatable bonds is 1. The maximum Gasteiger partial charge on any atom is 0.0441 e. The van der Waals surface area contributed by atoms with Gasteiger partial charge >= 0.3 is 0 Å². The average molecular weight is 258 g/mol. The largest absolute Gasteiger partial charge is 0.303 e. The molecule has 1 aromatic rings. The first-order chi connectivity index (χ1) is 7.46. The lowest BCUT2D eigenvalue weighted by molar-refractivity contribution is 0.369. The van der Waals surface area contributed by atoms with Crippen molar-refractivity contribution < 1.29 is 4.21 Å². The molecule has 4 heteroatoms. The third kappa shape index (κ3) is 2.84. The van der Waals surface area contributed by atoms with E-state index in [4.69, 9.17) is 11.6 Å². The van der Waals surface area contributed by atoms with Crippen LogP contribution in [0, 0.1) is 0 Å². The Bertz CT molecular complexity index is 419. The Balaban J connectivity index is 2.24. The summed E-state index contributed by atoms with van der Waals surface area (Å²) in [4.78, 5) is 0. The molecule has 0 radical (unpaired) electrons. The number of benzene rings is 1. The van der Waals surface area contributed by atoms with Gasteiger partial charge in [-0.1, -0.05) is 23.7 Å². The van der Waals surface area contributed by atoms with Crippen molar-refractivity contribution in [1.29, 1.82) is 0 Å². The van der Waals surface area contributed by atoms with Crippen LogP contribution in [0.5, 0.6) is 0 Å². The van der Waals surface area contributed by atoms with Gasteiger partial charge in [0.05, 0.1) is 0 Å². The molecule has 1 N–H and O–H groups in total. The van der Waals surface area contributed by atoms with Crippen LogP contribution < -0.4 is 5.32 Å². The molecule has 0 aromatic heterocycles. The highest BCUT2D eigenvalue weighted by Crippen LogP contribution is 2.25. The third-order valence-corrected chi connectivity index (χ3v) is 4.67. The summed E-state index contributed by atoms with van der Waals surface area (Å²) in [7, 11) is -0.752. The number of nitrogens with one attached hydrogen (secondary N) is 1. The molecular weight excluding hydrogens is 242 g/mol. The van der Waals surface area contributed by atoms with Crippen LogP contribution >= 0.6 is 11.6 Å². The zero-order valence-corrected chi connectivity index (χ0v) is 11.1. The van der Waals surface area contributed by atoms with Crippen molar-refractivity contribution in [2.75, 3.05) is 11.5 Å². The van der Waals surface area contributed by atoms with Gasteiger partial charge in [0.15, 0.2) is 0 Å². The standard InChI is InChI=1S/C12H16ClNOS/c1-12(2)8-16(15)7-11(14-12)9-4-3-5-10(13)6-9/h3-6,11,14H,7-8H2,1-2H3. The number of hydrogen-bond donors (Lipinski definition) is 1. The summed E-state index contributed by atoms with van der Waals surface area (Å²) >= 11 is 5.97. The minimum Gasteiger partial charge on any atom is -0.303 e. The third-order valence-electron chi connectivity index (χ3n) is 2.69. The predicted molar refractivity (Wildman–Crippen MR) is 69.3 cm³/mol. The van der Waals surface area contributed by atoms with Crippen molar-refractivity contribution in [2.24, 2.45) is 0 Å². The van der Waals surface area contributed by atoms with Gasteiger partial charge in [-0.05, 0) is 31.5 Å². The van der Waals surface area contributed by atoms with Crippen molar-refractivity contribution in [3.63, 3.8) is 0 Å². The minimum atomic E-state index is -0.752. The van der Waals surface area contributed by atoms with Gasteiger partial charge in [0.25, 0.3) is 0 Å². The van der Waals surface area contributed by atoms with Crippen molar-refractivity contribution >= 4 is 22.4 Å². The lowest BCUT2D eigenvalue weighted by Crippen LogP contribution is -2.52. The monoisotopic (exact) mass is 257 g/mol. The lowest BCUT2D eigenvalue weighted by atomic mass is 10.0. The van der Waals surface area contributed by atoms with E-state index >= 15 is 0 Å². The van der Waals surface area contributed by atoms with E-state index in [-0.39, 0.29) is 11.6 Å². The van der Waals surface area contributed by atoms with Crippen molar-refractivity contribution in [3.8, 4) is 0 Å². The molecule has 2 unspecified atom stereocenters. The average Bonchev–Trinajstić information content (AvgIpc) is 2.14. The van der Waals surface area contributed by atoms with E-state index in [1.807, 2.05) is 24.3 Å². The maximum absolute atomic E-state index is 11.8. The molecule has 2 nitrogen and oxygen atoms in total. The highest BCUT2D eigenvalue weighted by Gasteiger charge is 2.31. The van der Waals surface area contributed by atoms with E-state index in [0.29, 0.717) is 11.5 Å². The summed E-state index contributed by atoms with van der Waals surface area (Å²) in [6.07, 6.45) is 0. The molecule has 2 atom stereocenters. The van der Waals surface area contributed by atoms with Gasteiger partial charge < -0.3 is 5.32 Å². The zero-order chi connectivity index (χ0) is 11.8. The van der Waals surface area contributed by atoms with Gasteiger partial charge in [0.2, 0.25) is 0 Å². The smallest absolute Gasteiger partial charge is 0.0441 e. The molecule has 0 amide bonds.